The maximum Gasteiger partial charge on any atom is 0.341 e. The Morgan fingerprint density at radius 1 is 1.50 bits per heavy atom. The average Bonchev–Trinajstić information content (AvgIpc) is 3.12. The molecule has 0 saturated carbocycles. The molecule has 2 unspecified atom stereocenters. The van der Waals surface area contributed by atoms with Crippen molar-refractivity contribution in [3.05, 3.63) is 36.7 Å². The second-order valence-electron chi connectivity index (χ2n) is 6.47. The van der Waals surface area contributed by atoms with Crippen LogP contribution in [0.25, 0.3) is 11.0 Å². The van der Waals surface area contributed by atoms with Gasteiger partial charge in [0.2, 0.25) is 5.91 Å². The topological polar surface area (TPSA) is 87.3 Å². The number of hydrogen-bond acceptors (Lipinski definition) is 5. The van der Waals surface area contributed by atoms with Gasteiger partial charge in [0.1, 0.15) is 11.2 Å². The number of carbonyl (C=O) groups excluding carboxylic acids is 2. The summed E-state index contributed by atoms with van der Waals surface area (Å²) in [7, 11) is 0. The van der Waals surface area contributed by atoms with Crippen molar-refractivity contribution in [3.8, 4) is 0 Å². The molecule has 2 N–H and O–H groups in total. The summed E-state index contributed by atoms with van der Waals surface area (Å²) in [6.07, 6.45) is 6.44. The van der Waals surface area contributed by atoms with Crippen LogP contribution in [-0.4, -0.2) is 52.0 Å². The largest absolute Gasteiger partial charge is 0.462 e. The van der Waals surface area contributed by atoms with Gasteiger partial charge in [-0.25, -0.2) is 9.78 Å². The minimum atomic E-state index is -0.409. The predicted octanol–water partition coefficient (Wildman–Crippen LogP) is 2.72. The van der Waals surface area contributed by atoms with Gasteiger partial charge in [-0.2, -0.15) is 0 Å². The van der Waals surface area contributed by atoms with Crippen molar-refractivity contribution in [3.63, 3.8) is 0 Å². The van der Waals surface area contributed by atoms with Crippen molar-refractivity contribution >= 4 is 28.6 Å². The van der Waals surface area contributed by atoms with E-state index in [1.165, 1.54) is 12.3 Å². The fourth-order valence-electron chi connectivity index (χ4n) is 3.38. The van der Waals surface area contributed by atoms with E-state index in [2.05, 4.69) is 21.9 Å². The summed E-state index contributed by atoms with van der Waals surface area (Å²) in [5.41, 5.74) is 1.79. The lowest BCUT2D eigenvalue weighted by Gasteiger charge is -2.38. The van der Waals surface area contributed by atoms with Crippen LogP contribution in [0.15, 0.2) is 31.1 Å². The number of aromatic amines is 1. The quantitative estimate of drug-likeness (QED) is 0.635. The number of pyridine rings is 1. The van der Waals surface area contributed by atoms with E-state index in [4.69, 9.17) is 4.74 Å². The van der Waals surface area contributed by atoms with Crippen molar-refractivity contribution in [1.29, 1.82) is 0 Å². The highest BCUT2D eigenvalue weighted by Crippen LogP contribution is 2.29. The summed E-state index contributed by atoms with van der Waals surface area (Å²) < 4.78 is 5.17. The number of anilines is 1. The monoisotopic (exact) mass is 356 g/mol. The Morgan fingerprint density at radius 3 is 3.04 bits per heavy atom. The minimum absolute atomic E-state index is 0.0313. The van der Waals surface area contributed by atoms with Gasteiger partial charge in [0.15, 0.2) is 0 Å². The Hall–Kier alpha value is -2.83. The number of esters is 1. The highest BCUT2D eigenvalue weighted by atomic mass is 16.5. The summed E-state index contributed by atoms with van der Waals surface area (Å²) in [5, 5.41) is 4.29. The molecule has 2 aromatic rings. The summed E-state index contributed by atoms with van der Waals surface area (Å²) in [4.78, 5) is 33.6. The van der Waals surface area contributed by atoms with Gasteiger partial charge in [-0.3, -0.25) is 4.79 Å². The fraction of sp³-hybridized carbons (Fsp3) is 0.421. The molecule has 2 atom stereocenters. The molecule has 0 aromatic carbocycles. The lowest BCUT2D eigenvalue weighted by molar-refractivity contribution is -0.129. The van der Waals surface area contributed by atoms with Crippen LogP contribution in [0.2, 0.25) is 0 Å². The van der Waals surface area contributed by atoms with Crippen LogP contribution in [0.4, 0.5) is 5.69 Å². The molecule has 3 heterocycles. The first kappa shape index (κ1) is 18.0. The summed E-state index contributed by atoms with van der Waals surface area (Å²) in [6.45, 7) is 8.25. The van der Waals surface area contributed by atoms with Gasteiger partial charge in [0.25, 0.3) is 0 Å². The number of likely N-dealkylation sites (tertiary alicyclic amines) is 1. The molecular formula is C19H24N4O3. The molecule has 2 aromatic heterocycles. The second-order valence-corrected chi connectivity index (χ2v) is 6.47. The third-order valence-electron chi connectivity index (χ3n) is 4.77. The standard InChI is InChI=1S/C19H24N4O3/c1-4-16(24)23-11-13(7-6-12(23)3)22-17-14-8-9-20-18(14)21-10-15(17)19(25)26-5-2/h4,8-10,12-13H,1,5-7,11H2,2-3H3,(H2,20,21,22). The molecule has 26 heavy (non-hydrogen) atoms. The molecule has 138 valence electrons. The number of nitrogens with zero attached hydrogens (tertiary/aromatic N) is 2. The van der Waals surface area contributed by atoms with Crippen molar-refractivity contribution < 1.29 is 14.3 Å². The highest BCUT2D eigenvalue weighted by Gasteiger charge is 2.29. The van der Waals surface area contributed by atoms with Crippen LogP contribution < -0.4 is 5.32 Å². The Labute approximate surface area is 152 Å². The van der Waals surface area contributed by atoms with Gasteiger partial charge in [-0.05, 0) is 38.8 Å². The number of ether oxygens (including phenoxy) is 1. The first-order valence-electron chi connectivity index (χ1n) is 8.88. The molecule has 1 aliphatic rings. The molecule has 0 bridgehead atoms. The van der Waals surface area contributed by atoms with E-state index in [0.717, 1.165) is 18.2 Å². The number of aromatic nitrogens is 2. The Kier molecular flexibility index (Phi) is 5.25. The van der Waals surface area contributed by atoms with Crippen LogP contribution in [0, 0.1) is 0 Å². The minimum Gasteiger partial charge on any atom is -0.462 e. The molecule has 1 aliphatic heterocycles. The van der Waals surface area contributed by atoms with Crippen molar-refractivity contribution in [1.82, 2.24) is 14.9 Å². The summed E-state index contributed by atoms with van der Waals surface area (Å²) in [6, 6.07) is 2.09. The van der Waals surface area contributed by atoms with Gasteiger partial charge in [-0.15, -0.1) is 0 Å². The number of carbonyl (C=O) groups is 2. The molecule has 1 amide bonds. The second kappa shape index (κ2) is 7.59. The zero-order chi connectivity index (χ0) is 18.7. The lowest BCUT2D eigenvalue weighted by atomic mass is 9.98. The molecule has 0 radical (unpaired) electrons. The van der Waals surface area contributed by atoms with Gasteiger partial charge in [0.05, 0.1) is 12.3 Å². The van der Waals surface area contributed by atoms with Crippen molar-refractivity contribution in [2.45, 2.75) is 38.8 Å². The smallest absolute Gasteiger partial charge is 0.341 e. The molecule has 7 nitrogen and oxygen atoms in total. The zero-order valence-corrected chi connectivity index (χ0v) is 15.1. The zero-order valence-electron chi connectivity index (χ0n) is 15.1. The van der Waals surface area contributed by atoms with E-state index in [9.17, 15) is 9.59 Å². The van der Waals surface area contributed by atoms with Crippen molar-refractivity contribution in [2.24, 2.45) is 0 Å². The van der Waals surface area contributed by atoms with E-state index < -0.39 is 5.97 Å². The Bertz CT molecular complexity index is 829. The third kappa shape index (κ3) is 3.42. The fourth-order valence-corrected chi connectivity index (χ4v) is 3.38. The maximum atomic E-state index is 12.4. The van der Waals surface area contributed by atoms with Gasteiger partial charge >= 0.3 is 5.97 Å². The van der Waals surface area contributed by atoms with Gasteiger partial charge < -0.3 is 19.9 Å². The van der Waals surface area contributed by atoms with E-state index in [0.29, 0.717) is 30.0 Å². The predicted molar refractivity (Wildman–Crippen MR) is 100 cm³/mol. The number of H-pyrrole nitrogens is 1. The van der Waals surface area contributed by atoms with E-state index in [1.807, 2.05) is 17.9 Å². The molecule has 1 saturated heterocycles. The van der Waals surface area contributed by atoms with E-state index in [1.54, 1.807) is 13.1 Å². The van der Waals surface area contributed by atoms with Crippen molar-refractivity contribution in [2.75, 3.05) is 18.5 Å². The molecular weight excluding hydrogens is 332 g/mol. The van der Waals surface area contributed by atoms with Crippen LogP contribution in [0.3, 0.4) is 0 Å². The molecule has 3 rings (SSSR count). The number of rotatable bonds is 5. The Morgan fingerprint density at radius 2 is 2.31 bits per heavy atom. The normalized spacial score (nSPS) is 20.0. The van der Waals surface area contributed by atoms with Crippen LogP contribution >= 0.6 is 0 Å². The number of fused-ring (bicyclic) bond motifs is 1. The van der Waals surface area contributed by atoms with Gasteiger partial charge in [0, 0.05) is 36.4 Å². The summed E-state index contributed by atoms with van der Waals surface area (Å²) >= 11 is 0. The SMILES string of the molecule is C=CC(=O)N1CC(Nc2c(C(=O)OCC)cnc3[nH]ccc23)CCC1C. The lowest BCUT2D eigenvalue weighted by Crippen LogP contribution is -2.49. The number of amides is 1. The molecule has 0 aliphatic carbocycles. The maximum absolute atomic E-state index is 12.4. The van der Waals surface area contributed by atoms with Crippen LogP contribution in [-0.2, 0) is 9.53 Å². The first-order chi connectivity index (χ1) is 12.5. The van der Waals surface area contributed by atoms with Crippen LogP contribution in [0.1, 0.15) is 37.0 Å². The first-order valence-corrected chi connectivity index (χ1v) is 8.88. The average molecular weight is 356 g/mol. The number of nitrogens with one attached hydrogen (secondary N) is 2. The highest BCUT2D eigenvalue weighted by molar-refractivity contribution is 6.04. The summed E-state index contributed by atoms with van der Waals surface area (Å²) in [5.74, 6) is -0.482. The van der Waals surface area contributed by atoms with E-state index in [-0.39, 0.29) is 18.0 Å². The van der Waals surface area contributed by atoms with Gasteiger partial charge in [-0.1, -0.05) is 6.58 Å². The molecule has 7 heteroatoms. The number of hydrogen-bond donors (Lipinski definition) is 2. The van der Waals surface area contributed by atoms with E-state index >= 15 is 0 Å². The van der Waals surface area contributed by atoms with Crippen LogP contribution in [0.5, 0.6) is 0 Å². The number of piperidine rings is 1. The third-order valence-corrected chi connectivity index (χ3v) is 4.77. The Balaban J connectivity index is 1.91. The molecule has 0 spiro atoms. The molecule has 1 fully saturated rings.